The molecule has 0 atom stereocenters. The highest BCUT2D eigenvalue weighted by Crippen LogP contribution is 2.46. The zero-order valence-electron chi connectivity index (χ0n) is 28.0. The molecular weight excluding hydrogens is 687 g/mol. The average Bonchev–Trinajstić information content (AvgIpc) is 3.92. The molecule has 0 saturated heterocycles. The van der Waals surface area contributed by atoms with Crippen LogP contribution < -0.4 is 0 Å². The molecule has 12 aromatic rings. The maximum absolute atomic E-state index is 6.58. The van der Waals surface area contributed by atoms with E-state index in [2.05, 4.69) is 140 Å². The molecule has 0 saturated carbocycles. The van der Waals surface area contributed by atoms with Crippen LogP contribution in [0.3, 0.4) is 0 Å². The lowest BCUT2D eigenvalue weighted by Crippen LogP contribution is -2.01. The van der Waals surface area contributed by atoms with Gasteiger partial charge in [-0.2, -0.15) is 0 Å². The van der Waals surface area contributed by atoms with Crippen molar-refractivity contribution in [1.29, 1.82) is 0 Å². The fourth-order valence-electron chi connectivity index (χ4n) is 8.13. The lowest BCUT2D eigenvalue weighted by molar-refractivity contribution is 0.669. The number of fused-ring (bicyclic) bond motifs is 13. The second-order valence-corrected chi connectivity index (χ2v) is 15.6. The van der Waals surface area contributed by atoms with Crippen molar-refractivity contribution in [2.45, 2.75) is 0 Å². The topological polar surface area (TPSA) is 51.8 Å². The predicted octanol–water partition coefficient (Wildman–Crippen LogP) is 13.8. The highest BCUT2D eigenvalue weighted by molar-refractivity contribution is 7.27. The van der Waals surface area contributed by atoms with Gasteiger partial charge in [-0.25, -0.2) is 15.0 Å². The number of furan rings is 1. The monoisotopic (exact) mass is 711 g/mol. The zero-order chi connectivity index (χ0) is 34.6. The van der Waals surface area contributed by atoms with Crippen LogP contribution in [0.15, 0.2) is 156 Å². The Labute approximate surface area is 310 Å². The molecule has 12 rings (SSSR count). The van der Waals surface area contributed by atoms with E-state index < -0.39 is 0 Å². The van der Waals surface area contributed by atoms with E-state index in [0.29, 0.717) is 17.5 Å². The molecule has 53 heavy (non-hydrogen) atoms. The van der Waals surface area contributed by atoms with E-state index in [1.807, 2.05) is 34.8 Å². The van der Waals surface area contributed by atoms with Gasteiger partial charge in [-0.3, -0.25) is 0 Å². The van der Waals surface area contributed by atoms with Gasteiger partial charge in [0, 0.05) is 62.2 Å². The van der Waals surface area contributed by atoms with Crippen molar-refractivity contribution in [2.75, 3.05) is 0 Å². The Balaban J connectivity index is 1.24. The molecule has 4 aromatic heterocycles. The van der Waals surface area contributed by atoms with Crippen molar-refractivity contribution in [1.82, 2.24) is 15.0 Å². The summed E-state index contributed by atoms with van der Waals surface area (Å²) in [4.78, 5) is 16.2. The summed E-state index contributed by atoms with van der Waals surface area (Å²) in [5.74, 6) is 1.85. The van der Waals surface area contributed by atoms with Crippen LogP contribution in [0.1, 0.15) is 0 Å². The molecule has 0 aliphatic heterocycles. The molecular formula is C47H25N3OS2. The number of rotatable bonds is 3. The van der Waals surface area contributed by atoms with Gasteiger partial charge >= 0.3 is 0 Å². The van der Waals surface area contributed by atoms with Crippen molar-refractivity contribution in [3.8, 4) is 34.2 Å². The number of benzene rings is 8. The van der Waals surface area contributed by atoms with Gasteiger partial charge in [0.05, 0.1) is 5.56 Å². The first-order chi connectivity index (χ1) is 26.3. The second-order valence-electron chi connectivity index (χ2n) is 13.5. The first kappa shape index (κ1) is 29.1. The number of thiophene rings is 2. The third-order valence-electron chi connectivity index (χ3n) is 10.5. The van der Waals surface area contributed by atoms with Crippen LogP contribution in [0.4, 0.5) is 0 Å². The van der Waals surface area contributed by atoms with Gasteiger partial charge in [0.2, 0.25) is 0 Å². The zero-order valence-corrected chi connectivity index (χ0v) is 29.6. The van der Waals surface area contributed by atoms with Gasteiger partial charge in [-0.15, -0.1) is 22.7 Å². The van der Waals surface area contributed by atoms with Crippen LogP contribution in [-0.2, 0) is 0 Å². The summed E-state index contributed by atoms with van der Waals surface area (Å²) in [6.07, 6.45) is 0. The van der Waals surface area contributed by atoms with Gasteiger partial charge < -0.3 is 4.42 Å². The predicted molar refractivity (Wildman–Crippen MR) is 224 cm³/mol. The molecule has 0 radical (unpaired) electrons. The first-order valence-electron chi connectivity index (χ1n) is 17.6. The molecule has 0 N–H and O–H groups in total. The molecule has 0 spiro atoms. The van der Waals surface area contributed by atoms with Gasteiger partial charge in [0.25, 0.3) is 0 Å². The maximum Gasteiger partial charge on any atom is 0.167 e. The maximum atomic E-state index is 6.58. The first-order valence-corrected chi connectivity index (χ1v) is 19.2. The molecule has 8 aromatic carbocycles. The number of nitrogens with zero attached hydrogens (tertiary/aromatic N) is 3. The van der Waals surface area contributed by atoms with Crippen molar-refractivity contribution < 1.29 is 4.42 Å². The summed E-state index contributed by atoms with van der Waals surface area (Å²) in [6, 6.07) is 53.5. The molecule has 0 bridgehead atoms. The summed E-state index contributed by atoms with van der Waals surface area (Å²) in [5.41, 5.74) is 4.43. The smallest absolute Gasteiger partial charge is 0.167 e. The minimum Gasteiger partial charge on any atom is -0.455 e. The van der Waals surface area contributed by atoms with E-state index >= 15 is 0 Å². The summed E-state index contributed by atoms with van der Waals surface area (Å²) < 4.78 is 11.5. The Kier molecular flexibility index (Phi) is 6.06. The van der Waals surface area contributed by atoms with Crippen LogP contribution in [-0.4, -0.2) is 15.0 Å². The standard InChI is InChI=1S/C47H25N3OS2/c1-3-14-28-26(12-1)24-35(40-32-17-6-9-22-38(32)52-43(28)40)46-48-45(34-20-11-19-31-30-16-5-8-21-37(30)51-42(31)34)49-47(50-46)36-25-27-13-2-4-15-29(27)44-41(36)33-18-7-10-23-39(33)53-44/h1-25H. The van der Waals surface area contributed by atoms with Gasteiger partial charge in [-0.1, -0.05) is 115 Å². The Morgan fingerprint density at radius 1 is 0.377 bits per heavy atom. The fraction of sp³-hybridized carbons (Fsp3) is 0. The number of hydrogen-bond donors (Lipinski definition) is 0. The van der Waals surface area contributed by atoms with E-state index in [1.165, 1.54) is 51.1 Å². The van der Waals surface area contributed by atoms with E-state index in [9.17, 15) is 0 Å². The number of para-hydroxylation sites is 2. The molecule has 0 amide bonds. The van der Waals surface area contributed by atoms with E-state index in [4.69, 9.17) is 19.4 Å². The van der Waals surface area contributed by atoms with Gasteiger partial charge in [-0.05, 0) is 57.9 Å². The summed E-state index contributed by atoms with van der Waals surface area (Å²) in [7, 11) is 0. The van der Waals surface area contributed by atoms with E-state index in [-0.39, 0.29) is 0 Å². The fourth-order valence-corrected chi connectivity index (χ4v) is 10.7. The third-order valence-corrected chi connectivity index (χ3v) is 12.9. The Bertz CT molecular complexity index is 3310. The molecule has 4 heterocycles. The van der Waals surface area contributed by atoms with Crippen LogP contribution in [0.5, 0.6) is 0 Å². The molecule has 0 fully saturated rings. The third kappa shape index (κ3) is 4.25. The molecule has 4 nitrogen and oxygen atoms in total. The lowest BCUT2D eigenvalue weighted by atomic mass is 9.98. The highest BCUT2D eigenvalue weighted by Gasteiger charge is 2.23. The summed E-state index contributed by atoms with van der Waals surface area (Å²) in [6.45, 7) is 0. The number of hydrogen-bond acceptors (Lipinski definition) is 6. The lowest BCUT2D eigenvalue weighted by Gasteiger charge is -2.13. The normalized spacial score (nSPS) is 12.2. The summed E-state index contributed by atoms with van der Waals surface area (Å²) >= 11 is 3.65. The second kappa shape index (κ2) is 11.0. The van der Waals surface area contributed by atoms with Crippen molar-refractivity contribution in [3.63, 3.8) is 0 Å². The summed E-state index contributed by atoms with van der Waals surface area (Å²) in [5, 5.41) is 11.6. The van der Waals surface area contributed by atoms with E-state index in [1.54, 1.807) is 0 Å². The Morgan fingerprint density at radius 3 is 1.42 bits per heavy atom. The van der Waals surface area contributed by atoms with Crippen LogP contribution >= 0.6 is 22.7 Å². The van der Waals surface area contributed by atoms with Crippen LogP contribution in [0, 0.1) is 0 Å². The van der Waals surface area contributed by atoms with E-state index in [0.717, 1.165) is 49.4 Å². The molecule has 0 aliphatic rings. The SMILES string of the molecule is c1ccc2c(c1)cc(-c1nc(-c3cccc4c3oc3ccccc34)nc(-c3cc4ccccc4c4sc5ccccc5c34)n1)c1c3ccccc3sc21. The molecule has 6 heteroatoms. The average molecular weight is 712 g/mol. The minimum atomic E-state index is 0.580. The van der Waals surface area contributed by atoms with Crippen molar-refractivity contribution in [3.05, 3.63) is 152 Å². The molecule has 0 aliphatic carbocycles. The van der Waals surface area contributed by atoms with Crippen LogP contribution in [0.25, 0.3) is 118 Å². The quantitative estimate of drug-likeness (QED) is 0.183. The highest BCUT2D eigenvalue weighted by atomic mass is 32.1. The Morgan fingerprint density at radius 2 is 0.830 bits per heavy atom. The Hall–Kier alpha value is -6.47. The van der Waals surface area contributed by atoms with Crippen molar-refractivity contribution in [2.24, 2.45) is 0 Å². The minimum absolute atomic E-state index is 0.580. The van der Waals surface area contributed by atoms with Gasteiger partial charge in [0.15, 0.2) is 17.5 Å². The molecule has 246 valence electrons. The van der Waals surface area contributed by atoms with Crippen LogP contribution in [0.2, 0.25) is 0 Å². The largest absolute Gasteiger partial charge is 0.455 e. The number of aromatic nitrogens is 3. The van der Waals surface area contributed by atoms with Crippen molar-refractivity contribution >= 4 is 107 Å². The molecule has 0 unspecified atom stereocenters. The van der Waals surface area contributed by atoms with Gasteiger partial charge in [0.1, 0.15) is 11.2 Å².